The molecule has 1 saturated heterocycles. The first-order valence-corrected chi connectivity index (χ1v) is 8.78. The predicted octanol–water partition coefficient (Wildman–Crippen LogP) is 1.73. The molecule has 112 valence electrons. The van der Waals surface area contributed by atoms with Gasteiger partial charge in [-0.1, -0.05) is 6.92 Å². The molecular formula is C13H19BrN2O3S. The van der Waals surface area contributed by atoms with Crippen LogP contribution < -0.4 is 14.8 Å². The second-order valence-corrected chi connectivity index (χ2v) is 7.56. The van der Waals surface area contributed by atoms with Crippen molar-refractivity contribution in [2.75, 3.05) is 20.2 Å². The summed E-state index contributed by atoms with van der Waals surface area (Å²) in [5.41, 5.74) is 0. The van der Waals surface area contributed by atoms with Gasteiger partial charge in [0.1, 0.15) is 5.75 Å². The van der Waals surface area contributed by atoms with Crippen LogP contribution in [-0.2, 0) is 10.0 Å². The first-order valence-electron chi connectivity index (χ1n) is 6.50. The van der Waals surface area contributed by atoms with E-state index in [1.807, 2.05) is 6.92 Å². The first kappa shape index (κ1) is 15.8. The van der Waals surface area contributed by atoms with Gasteiger partial charge in [0, 0.05) is 12.1 Å². The van der Waals surface area contributed by atoms with Crippen LogP contribution in [0.25, 0.3) is 0 Å². The molecular weight excluding hydrogens is 344 g/mol. The Balaban J connectivity index is 2.21. The molecule has 1 aromatic rings. The number of piperidine rings is 1. The highest BCUT2D eigenvalue weighted by atomic mass is 79.9. The third kappa shape index (κ3) is 3.52. The highest BCUT2D eigenvalue weighted by molar-refractivity contribution is 9.10. The Labute approximate surface area is 128 Å². The zero-order chi connectivity index (χ0) is 14.8. The summed E-state index contributed by atoms with van der Waals surface area (Å²) in [7, 11) is -2.01. The van der Waals surface area contributed by atoms with E-state index < -0.39 is 10.0 Å². The van der Waals surface area contributed by atoms with Crippen molar-refractivity contribution in [3.8, 4) is 5.75 Å². The van der Waals surface area contributed by atoms with Gasteiger partial charge in [-0.3, -0.25) is 0 Å². The molecule has 0 saturated carbocycles. The summed E-state index contributed by atoms with van der Waals surface area (Å²) in [5, 5.41) is 3.25. The molecule has 2 unspecified atom stereocenters. The molecule has 1 aliphatic rings. The number of rotatable bonds is 4. The molecule has 0 aliphatic carbocycles. The van der Waals surface area contributed by atoms with Gasteiger partial charge in [-0.15, -0.1) is 0 Å². The van der Waals surface area contributed by atoms with Crippen molar-refractivity contribution < 1.29 is 13.2 Å². The van der Waals surface area contributed by atoms with Crippen molar-refractivity contribution in [1.29, 1.82) is 0 Å². The lowest BCUT2D eigenvalue weighted by Gasteiger charge is -2.30. The van der Waals surface area contributed by atoms with Gasteiger partial charge in [0.2, 0.25) is 10.0 Å². The van der Waals surface area contributed by atoms with Crippen molar-refractivity contribution in [2.45, 2.75) is 24.3 Å². The van der Waals surface area contributed by atoms with Gasteiger partial charge in [0.15, 0.2) is 0 Å². The summed E-state index contributed by atoms with van der Waals surface area (Å²) in [6, 6.07) is 4.74. The van der Waals surface area contributed by atoms with Crippen LogP contribution in [0.1, 0.15) is 13.3 Å². The molecule has 5 nitrogen and oxygen atoms in total. The fraction of sp³-hybridized carbons (Fsp3) is 0.538. The molecule has 0 aromatic heterocycles. The Morgan fingerprint density at radius 2 is 2.20 bits per heavy atom. The molecule has 1 aromatic carbocycles. The first-order chi connectivity index (χ1) is 9.44. The normalized spacial score (nSPS) is 23.6. The Hall–Kier alpha value is -0.630. The lowest BCUT2D eigenvalue weighted by Crippen LogP contribution is -2.48. The standard InChI is InChI=1S/C13H19BrN2O3S/c1-9-8-15-6-5-12(9)16-20(17,18)10-3-4-11(14)13(7-10)19-2/h3-4,7,9,12,15-16H,5-6,8H2,1-2H3. The van der Waals surface area contributed by atoms with Crippen molar-refractivity contribution >= 4 is 26.0 Å². The van der Waals surface area contributed by atoms with E-state index >= 15 is 0 Å². The van der Waals surface area contributed by atoms with Gasteiger partial charge >= 0.3 is 0 Å². The number of methoxy groups -OCH3 is 1. The topological polar surface area (TPSA) is 67.4 Å². The molecule has 0 amide bonds. The molecule has 2 N–H and O–H groups in total. The summed E-state index contributed by atoms with van der Waals surface area (Å²) >= 11 is 3.32. The Morgan fingerprint density at radius 3 is 2.85 bits per heavy atom. The number of nitrogens with one attached hydrogen (secondary N) is 2. The molecule has 1 fully saturated rings. The summed E-state index contributed by atoms with van der Waals surface area (Å²) in [6.45, 7) is 3.71. The van der Waals surface area contributed by atoms with Crippen molar-refractivity contribution in [2.24, 2.45) is 5.92 Å². The smallest absolute Gasteiger partial charge is 0.240 e. The van der Waals surface area contributed by atoms with Crippen LogP contribution in [0.2, 0.25) is 0 Å². The molecule has 0 bridgehead atoms. The maximum Gasteiger partial charge on any atom is 0.240 e. The molecule has 0 radical (unpaired) electrons. The zero-order valence-electron chi connectivity index (χ0n) is 11.5. The van der Waals surface area contributed by atoms with Crippen LogP contribution in [0.15, 0.2) is 27.6 Å². The van der Waals surface area contributed by atoms with Crippen molar-refractivity contribution in [3.05, 3.63) is 22.7 Å². The molecule has 7 heteroatoms. The third-order valence-electron chi connectivity index (χ3n) is 3.52. The van der Waals surface area contributed by atoms with Crippen molar-refractivity contribution in [1.82, 2.24) is 10.0 Å². The molecule has 0 spiro atoms. The monoisotopic (exact) mass is 362 g/mol. The van der Waals surface area contributed by atoms with E-state index in [0.29, 0.717) is 5.75 Å². The summed E-state index contributed by atoms with van der Waals surface area (Å²) in [5.74, 6) is 0.780. The predicted molar refractivity (Wildman–Crippen MR) is 81.5 cm³/mol. The number of hydrogen-bond donors (Lipinski definition) is 2. The lowest BCUT2D eigenvalue weighted by atomic mass is 9.97. The SMILES string of the molecule is COc1cc(S(=O)(=O)NC2CCNCC2C)ccc1Br. The second kappa shape index (κ2) is 6.43. The maximum absolute atomic E-state index is 12.4. The number of sulfonamides is 1. The molecule has 2 atom stereocenters. The highest BCUT2D eigenvalue weighted by Gasteiger charge is 2.27. The molecule has 1 aliphatic heterocycles. The van der Waals surface area contributed by atoms with Crippen LogP contribution in [0.5, 0.6) is 5.75 Å². The molecule has 20 heavy (non-hydrogen) atoms. The lowest BCUT2D eigenvalue weighted by molar-refractivity contribution is 0.328. The van der Waals surface area contributed by atoms with E-state index in [0.717, 1.165) is 24.0 Å². The van der Waals surface area contributed by atoms with Crippen molar-refractivity contribution in [3.63, 3.8) is 0 Å². The summed E-state index contributed by atoms with van der Waals surface area (Å²) in [6.07, 6.45) is 0.800. The van der Waals surface area contributed by atoms with Crippen LogP contribution in [-0.4, -0.2) is 34.7 Å². The van der Waals surface area contributed by atoms with Crippen LogP contribution in [0.4, 0.5) is 0 Å². The number of benzene rings is 1. The average Bonchev–Trinajstić information content (AvgIpc) is 2.41. The van der Waals surface area contributed by atoms with Crippen LogP contribution in [0, 0.1) is 5.92 Å². The van der Waals surface area contributed by atoms with Gasteiger partial charge in [-0.05, 0) is 53.5 Å². The number of ether oxygens (including phenoxy) is 1. The fourth-order valence-electron chi connectivity index (χ4n) is 2.26. The quantitative estimate of drug-likeness (QED) is 0.855. The van der Waals surface area contributed by atoms with Crippen LogP contribution in [0.3, 0.4) is 0 Å². The maximum atomic E-state index is 12.4. The molecule has 2 rings (SSSR count). The second-order valence-electron chi connectivity index (χ2n) is 4.99. The van der Waals surface area contributed by atoms with Gasteiger partial charge in [0.25, 0.3) is 0 Å². The third-order valence-corrected chi connectivity index (χ3v) is 5.67. The highest BCUT2D eigenvalue weighted by Crippen LogP contribution is 2.28. The van der Waals surface area contributed by atoms with E-state index in [9.17, 15) is 8.42 Å². The number of halogens is 1. The van der Waals surface area contributed by atoms with Gasteiger partial charge in [-0.25, -0.2) is 13.1 Å². The fourth-order valence-corrected chi connectivity index (χ4v) is 4.07. The largest absolute Gasteiger partial charge is 0.496 e. The van der Waals surface area contributed by atoms with Gasteiger partial charge in [0.05, 0.1) is 16.5 Å². The van der Waals surface area contributed by atoms with E-state index in [1.165, 1.54) is 13.2 Å². The molecule has 1 heterocycles. The van der Waals surface area contributed by atoms with Gasteiger partial charge in [-0.2, -0.15) is 0 Å². The Bertz CT molecular complexity index is 577. The number of hydrogen-bond acceptors (Lipinski definition) is 4. The van der Waals surface area contributed by atoms with E-state index in [4.69, 9.17) is 4.74 Å². The Morgan fingerprint density at radius 1 is 1.45 bits per heavy atom. The van der Waals surface area contributed by atoms with E-state index in [2.05, 4.69) is 26.0 Å². The Kier molecular flexibility index (Phi) is 5.06. The summed E-state index contributed by atoms with van der Waals surface area (Å²) < 4.78 is 33.5. The minimum absolute atomic E-state index is 0.0316. The minimum Gasteiger partial charge on any atom is -0.496 e. The van der Waals surface area contributed by atoms with Crippen LogP contribution >= 0.6 is 15.9 Å². The van der Waals surface area contributed by atoms with Gasteiger partial charge < -0.3 is 10.1 Å². The zero-order valence-corrected chi connectivity index (χ0v) is 13.9. The van der Waals surface area contributed by atoms with E-state index in [1.54, 1.807) is 12.1 Å². The average molecular weight is 363 g/mol. The van der Waals surface area contributed by atoms with E-state index in [-0.39, 0.29) is 16.9 Å². The minimum atomic E-state index is -3.52. The summed E-state index contributed by atoms with van der Waals surface area (Å²) in [4.78, 5) is 0.225.